The molecule has 5 aromatic rings. The number of carbonyl (C=O) groups excluding carboxylic acids is 1. The predicted octanol–water partition coefficient (Wildman–Crippen LogP) is 4.86. The summed E-state index contributed by atoms with van der Waals surface area (Å²) in [7, 11) is 1.82. The van der Waals surface area contributed by atoms with E-state index in [9.17, 15) is 18.0 Å². The predicted molar refractivity (Wildman–Crippen MR) is 117 cm³/mol. The number of nitrogens with zero attached hydrogens (tertiary/aromatic N) is 4. The fourth-order valence-electron chi connectivity index (χ4n) is 3.60. The van der Waals surface area contributed by atoms with Gasteiger partial charge in [0.1, 0.15) is 11.5 Å². The van der Waals surface area contributed by atoms with Gasteiger partial charge in [-0.2, -0.15) is 18.3 Å². The van der Waals surface area contributed by atoms with Crippen LogP contribution >= 0.6 is 0 Å². The molecule has 0 aliphatic carbocycles. The zero-order valence-corrected chi connectivity index (χ0v) is 17.1. The molecule has 0 saturated heterocycles. The maximum absolute atomic E-state index is 12.9. The van der Waals surface area contributed by atoms with Crippen LogP contribution in [-0.4, -0.2) is 30.6 Å². The minimum atomic E-state index is -4.53. The molecule has 5 rings (SSSR count). The second kappa shape index (κ2) is 7.62. The Hall–Kier alpha value is -4.41. The number of hydrogen-bond donors (Lipinski definition) is 3. The Bertz CT molecular complexity index is 1500. The number of aryl methyl sites for hydroxylation is 1. The second-order valence-electron chi connectivity index (χ2n) is 7.32. The van der Waals surface area contributed by atoms with E-state index in [4.69, 9.17) is 0 Å². The smallest absolute Gasteiger partial charge is 0.346 e. The number of carbonyl (C=O) groups is 1. The number of benzene rings is 1. The van der Waals surface area contributed by atoms with E-state index in [1.54, 1.807) is 23.1 Å². The highest BCUT2D eigenvalue weighted by Crippen LogP contribution is 2.31. The van der Waals surface area contributed by atoms with Gasteiger partial charge in [0.15, 0.2) is 5.82 Å². The molecule has 0 saturated carbocycles. The molecule has 8 nitrogen and oxygen atoms in total. The van der Waals surface area contributed by atoms with E-state index in [0.717, 1.165) is 34.1 Å². The number of pyridine rings is 2. The number of aromatic amines is 1. The molecule has 0 atom stereocenters. The first-order valence-electron chi connectivity index (χ1n) is 9.80. The van der Waals surface area contributed by atoms with Crippen LogP contribution in [0.1, 0.15) is 15.9 Å². The third kappa shape index (κ3) is 3.84. The Kier molecular flexibility index (Phi) is 4.73. The monoisotopic (exact) mass is 451 g/mol. The van der Waals surface area contributed by atoms with Gasteiger partial charge in [-0.25, -0.2) is 9.97 Å². The molecule has 0 unspecified atom stereocenters. The number of amides is 1. The molecule has 1 aromatic carbocycles. The third-order valence-corrected chi connectivity index (χ3v) is 5.10. The molecule has 0 bridgehead atoms. The van der Waals surface area contributed by atoms with Crippen LogP contribution in [0.4, 0.5) is 30.5 Å². The van der Waals surface area contributed by atoms with Crippen LogP contribution in [0, 0.1) is 0 Å². The minimum Gasteiger partial charge on any atom is -0.346 e. The molecule has 166 valence electrons. The molecule has 0 aliphatic rings. The lowest BCUT2D eigenvalue weighted by atomic mass is 10.1. The quantitative estimate of drug-likeness (QED) is 0.362. The van der Waals surface area contributed by atoms with Gasteiger partial charge in [-0.1, -0.05) is 6.07 Å². The lowest BCUT2D eigenvalue weighted by Crippen LogP contribution is -2.14. The van der Waals surface area contributed by atoms with E-state index < -0.39 is 17.6 Å². The van der Waals surface area contributed by atoms with Gasteiger partial charge < -0.3 is 15.6 Å². The minimum absolute atomic E-state index is 0.103. The van der Waals surface area contributed by atoms with Crippen molar-refractivity contribution in [1.82, 2.24) is 24.7 Å². The average molecular weight is 451 g/mol. The highest BCUT2D eigenvalue weighted by molar-refractivity contribution is 6.07. The molecule has 4 aromatic heterocycles. The van der Waals surface area contributed by atoms with E-state index in [1.165, 1.54) is 24.4 Å². The van der Waals surface area contributed by atoms with Crippen LogP contribution in [-0.2, 0) is 13.2 Å². The van der Waals surface area contributed by atoms with Crippen LogP contribution in [0.3, 0.4) is 0 Å². The highest BCUT2D eigenvalue weighted by atomic mass is 19.4. The lowest BCUT2D eigenvalue weighted by Gasteiger charge is -2.10. The fourth-order valence-corrected chi connectivity index (χ4v) is 3.60. The van der Waals surface area contributed by atoms with Crippen LogP contribution in [0.5, 0.6) is 0 Å². The van der Waals surface area contributed by atoms with E-state index in [-0.39, 0.29) is 5.56 Å². The number of H-pyrrole nitrogens is 1. The van der Waals surface area contributed by atoms with Gasteiger partial charge >= 0.3 is 6.18 Å². The van der Waals surface area contributed by atoms with E-state index in [2.05, 4.69) is 30.7 Å². The molecule has 0 aliphatic heterocycles. The summed E-state index contributed by atoms with van der Waals surface area (Å²) in [5, 5.41) is 11.9. The summed E-state index contributed by atoms with van der Waals surface area (Å²) >= 11 is 0. The first-order valence-corrected chi connectivity index (χ1v) is 9.80. The molecule has 0 spiro atoms. The highest BCUT2D eigenvalue weighted by Gasteiger charge is 2.30. The van der Waals surface area contributed by atoms with Crippen molar-refractivity contribution in [3.63, 3.8) is 0 Å². The SMILES string of the molecule is Cn1nc(Nc2cc(NC(=O)c3cccc(C(F)(F)F)c3)ccn2)c2cnc3[nH]ccc3c21. The molecular weight excluding hydrogens is 435 g/mol. The largest absolute Gasteiger partial charge is 0.416 e. The average Bonchev–Trinajstić information content (AvgIpc) is 3.38. The molecular formula is C22H16F3N7O. The van der Waals surface area contributed by atoms with Gasteiger partial charge in [-0.3, -0.25) is 9.48 Å². The number of hydrogen-bond acceptors (Lipinski definition) is 5. The second-order valence-corrected chi connectivity index (χ2v) is 7.32. The Labute approximate surface area is 184 Å². The standard InChI is InChI=1S/C22H16F3N7O/c1-32-18-15-6-8-27-19(15)28-11-16(18)20(31-32)30-17-10-14(5-7-26-17)29-21(33)12-3-2-4-13(9-12)22(23,24)25/h2-11H,1H3,(H,27,28)(H2,26,29,30,31,33). The van der Waals surface area contributed by atoms with Gasteiger partial charge in [-0.05, 0) is 30.3 Å². The Balaban J connectivity index is 1.40. The van der Waals surface area contributed by atoms with E-state index >= 15 is 0 Å². The fraction of sp³-hybridized carbons (Fsp3) is 0.0909. The van der Waals surface area contributed by atoms with Gasteiger partial charge in [-0.15, -0.1) is 0 Å². The lowest BCUT2D eigenvalue weighted by molar-refractivity contribution is -0.137. The van der Waals surface area contributed by atoms with Crippen molar-refractivity contribution in [2.24, 2.45) is 7.05 Å². The summed E-state index contributed by atoms with van der Waals surface area (Å²) < 4.78 is 40.5. The Morgan fingerprint density at radius 2 is 1.94 bits per heavy atom. The van der Waals surface area contributed by atoms with Crippen LogP contribution in [0.2, 0.25) is 0 Å². The normalized spacial score (nSPS) is 11.8. The van der Waals surface area contributed by atoms with Crippen molar-refractivity contribution in [2.75, 3.05) is 10.6 Å². The first kappa shape index (κ1) is 20.5. The van der Waals surface area contributed by atoms with Gasteiger partial charge in [0.25, 0.3) is 5.91 Å². The maximum Gasteiger partial charge on any atom is 0.416 e. The molecule has 4 heterocycles. The first-order chi connectivity index (χ1) is 15.8. The zero-order valence-electron chi connectivity index (χ0n) is 17.1. The van der Waals surface area contributed by atoms with Crippen LogP contribution in [0.25, 0.3) is 21.9 Å². The molecule has 0 radical (unpaired) electrons. The topological polar surface area (TPSA) is 101 Å². The summed E-state index contributed by atoms with van der Waals surface area (Å²) in [5.74, 6) is 0.253. The number of nitrogens with one attached hydrogen (secondary N) is 3. The van der Waals surface area contributed by atoms with Crippen LogP contribution < -0.4 is 10.6 Å². The molecule has 11 heteroatoms. The Morgan fingerprint density at radius 1 is 1.09 bits per heavy atom. The van der Waals surface area contributed by atoms with Gasteiger partial charge in [0, 0.05) is 48.3 Å². The summed E-state index contributed by atoms with van der Waals surface area (Å²) in [6.45, 7) is 0. The zero-order chi connectivity index (χ0) is 23.2. The number of fused-ring (bicyclic) bond motifs is 3. The van der Waals surface area contributed by atoms with E-state index in [1.807, 2.05) is 13.1 Å². The number of halogens is 3. The summed E-state index contributed by atoms with van der Waals surface area (Å²) in [6, 6.07) is 9.26. The third-order valence-electron chi connectivity index (χ3n) is 5.10. The molecule has 33 heavy (non-hydrogen) atoms. The van der Waals surface area contributed by atoms with Crippen molar-refractivity contribution >= 4 is 45.2 Å². The molecule has 0 fully saturated rings. The molecule has 1 amide bonds. The summed E-state index contributed by atoms with van der Waals surface area (Å²) in [6.07, 6.45) is 0.437. The van der Waals surface area contributed by atoms with Crippen molar-refractivity contribution in [3.8, 4) is 0 Å². The summed E-state index contributed by atoms with van der Waals surface area (Å²) in [5.41, 5.74) is 1.00. The summed E-state index contributed by atoms with van der Waals surface area (Å²) in [4.78, 5) is 24.2. The van der Waals surface area contributed by atoms with Crippen molar-refractivity contribution < 1.29 is 18.0 Å². The van der Waals surface area contributed by atoms with Crippen molar-refractivity contribution in [3.05, 3.63) is 72.2 Å². The van der Waals surface area contributed by atoms with Crippen molar-refractivity contribution in [2.45, 2.75) is 6.18 Å². The van der Waals surface area contributed by atoms with Crippen LogP contribution in [0.15, 0.2) is 61.1 Å². The number of rotatable bonds is 4. The van der Waals surface area contributed by atoms with Crippen molar-refractivity contribution in [1.29, 1.82) is 0 Å². The van der Waals surface area contributed by atoms with E-state index in [0.29, 0.717) is 17.3 Å². The van der Waals surface area contributed by atoms with Gasteiger partial charge in [0.05, 0.1) is 16.5 Å². The number of anilines is 3. The maximum atomic E-state index is 12.9. The number of aromatic nitrogens is 5. The molecule has 3 N–H and O–H groups in total. The Morgan fingerprint density at radius 3 is 2.76 bits per heavy atom. The van der Waals surface area contributed by atoms with Gasteiger partial charge in [0.2, 0.25) is 0 Å². The number of alkyl halides is 3.